The van der Waals surface area contributed by atoms with Crippen molar-refractivity contribution in [2.75, 3.05) is 0 Å². The molecule has 0 saturated heterocycles. The van der Waals surface area contributed by atoms with Crippen molar-refractivity contribution < 1.29 is 0 Å². The molecule has 0 radical (unpaired) electrons. The van der Waals surface area contributed by atoms with Crippen molar-refractivity contribution >= 4 is 34.8 Å². The van der Waals surface area contributed by atoms with Gasteiger partial charge in [-0.1, -0.05) is 59.1 Å². The average molecular weight is 352 g/mol. The van der Waals surface area contributed by atoms with Gasteiger partial charge >= 0.3 is 0 Å². The van der Waals surface area contributed by atoms with Gasteiger partial charge in [-0.25, -0.2) is 4.98 Å². The van der Waals surface area contributed by atoms with Crippen molar-refractivity contribution in [1.29, 1.82) is 0 Å². The van der Waals surface area contributed by atoms with Crippen LogP contribution in [0.25, 0.3) is 11.3 Å². The molecule has 0 aliphatic heterocycles. The van der Waals surface area contributed by atoms with Crippen molar-refractivity contribution in [2.24, 2.45) is 0 Å². The largest absolute Gasteiger partial charge is 0.345 e. The Bertz CT molecular complexity index is 804. The van der Waals surface area contributed by atoms with Gasteiger partial charge in [0.1, 0.15) is 5.82 Å². The van der Waals surface area contributed by atoms with Crippen molar-refractivity contribution in [3.05, 3.63) is 74.6 Å². The zero-order chi connectivity index (χ0) is 15.7. The second-order valence-corrected chi connectivity index (χ2v) is 6.24. The van der Waals surface area contributed by atoms with E-state index in [1.165, 1.54) is 0 Å². The molecular formula is C17H13Cl3N2. The van der Waals surface area contributed by atoms with Crippen LogP contribution in [0.5, 0.6) is 0 Å². The van der Waals surface area contributed by atoms with Crippen molar-refractivity contribution in [2.45, 2.75) is 13.3 Å². The van der Waals surface area contributed by atoms with E-state index in [-0.39, 0.29) is 0 Å². The highest BCUT2D eigenvalue weighted by Crippen LogP contribution is 2.30. The van der Waals surface area contributed by atoms with E-state index in [1.807, 2.05) is 49.4 Å². The molecule has 2 nitrogen and oxygen atoms in total. The van der Waals surface area contributed by atoms with Gasteiger partial charge in [-0.05, 0) is 30.7 Å². The first-order valence-corrected chi connectivity index (χ1v) is 7.93. The Kier molecular flexibility index (Phi) is 4.44. The van der Waals surface area contributed by atoms with E-state index in [0.717, 1.165) is 28.3 Å². The summed E-state index contributed by atoms with van der Waals surface area (Å²) in [4.78, 5) is 7.95. The quantitative estimate of drug-likeness (QED) is 0.622. The van der Waals surface area contributed by atoms with Crippen LogP contribution in [-0.4, -0.2) is 9.97 Å². The van der Waals surface area contributed by atoms with Crippen LogP contribution in [0.2, 0.25) is 15.1 Å². The fourth-order valence-electron chi connectivity index (χ4n) is 2.39. The molecule has 0 aliphatic carbocycles. The average Bonchev–Trinajstić information content (AvgIpc) is 2.84. The van der Waals surface area contributed by atoms with Crippen LogP contribution >= 0.6 is 34.8 Å². The van der Waals surface area contributed by atoms with Crippen molar-refractivity contribution in [1.82, 2.24) is 9.97 Å². The summed E-state index contributed by atoms with van der Waals surface area (Å²) in [5.74, 6) is 0.808. The van der Waals surface area contributed by atoms with E-state index in [2.05, 4.69) is 9.97 Å². The topological polar surface area (TPSA) is 28.7 Å². The van der Waals surface area contributed by atoms with Crippen LogP contribution in [0.4, 0.5) is 0 Å². The number of nitrogens with zero attached hydrogens (tertiary/aromatic N) is 1. The normalized spacial score (nSPS) is 10.9. The molecule has 0 spiro atoms. The predicted molar refractivity (Wildman–Crippen MR) is 93.0 cm³/mol. The Labute approximate surface area is 144 Å². The Morgan fingerprint density at radius 1 is 0.909 bits per heavy atom. The minimum atomic E-state index is 0.545. The zero-order valence-electron chi connectivity index (χ0n) is 11.8. The predicted octanol–water partition coefficient (Wildman–Crippen LogP) is 5.94. The standard InChI is InChI=1S/C17H13Cl3N2/c1-10-17(11-5-2-3-6-13(11)18)22-16(21-10)9-12-14(19)7-4-8-15(12)20/h2-8H,9H2,1H3,(H,21,22). The third-order valence-corrected chi connectivity index (χ3v) is 4.51. The van der Waals surface area contributed by atoms with E-state index in [0.29, 0.717) is 21.5 Å². The number of hydrogen-bond donors (Lipinski definition) is 1. The lowest BCUT2D eigenvalue weighted by atomic mass is 10.1. The smallest absolute Gasteiger partial charge is 0.111 e. The number of imidazole rings is 1. The summed E-state index contributed by atoms with van der Waals surface area (Å²) in [7, 11) is 0. The Hall–Kier alpha value is -1.48. The van der Waals surface area contributed by atoms with Crippen molar-refractivity contribution in [3.63, 3.8) is 0 Å². The van der Waals surface area contributed by atoms with Crippen LogP contribution < -0.4 is 0 Å². The molecule has 22 heavy (non-hydrogen) atoms. The number of rotatable bonds is 3. The molecule has 0 amide bonds. The van der Waals surface area contributed by atoms with Gasteiger partial charge in [0, 0.05) is 27.7 Å². The molecule has 0 aliphatic rings. The van der Waals surface area contributed by atoms with E-state index in [4.69, 9.17) is 34.8 Å². The number of aromatic amines is 1. The number of hydrogen-bond acceptors (Lipinski definition) is 1. The van der Waals surface area contributed by atoms with Gasteiger partial charge in [0.2, 0.25) is 0 Å². The molecular weight excluding hydrogens is 339 g/mol. The van der Waals surface area contributed by atoms with Gasteiger partial charge in [0.05, 0.1) is 10.7 Å². The van der Waals surface area contributed by atoms with E-state index < -0.39 is 0 Å². The summed E-state index contributed by atoms with van der Waals surface area (Å²) in [6, 6.07) is 13.1. The highest BCUT2D eigenvalue weighted by atomic mass is 35.5. The molecule has 3 aromatic rings. The monoisotopic (exact) mass is 350 g/mol. The van der Waals surface area contributed by atoms with Crippen LogP contribution in [0.1, 0.15) is 17.1 Å². The molecule has 0 unspecified atom stereocenters. The molecule has 0 fully saturated rings. The van der Waals surface area contributed by atoms with Crippen molar-refractivity contribution in [3.8, 4) is 11.3 Å². The molecule has 1 N–H and O–H groups in total. The van der Waals surface area contributed by atoms with E-state index >= 15 is 0 Å². The lowest BCUT2D eigenvalue weighted by molar-refractivity contribution is 1.02. The molecule has 112 valence electrons. The number of benzene rings is 2. The van der Waals surface area contributed by atoms with Gasteiger partial charge < -0.3 is 4.98 Å². The Morgan fingerprint density at radius 2 is 1.55 bits per heavy atom. The number of nitrogens with one attached hydrogen (secondary N) is 1. The maximum atomic E-state index is 6.25. The molecule has 5 heteroatoms. The molecule has 0 atom stereocenters. The number of halogens is 3. The third-order valence-electron chi connectivity index (χ3n) is 3.47. The summed E-state index contributed by atoms with van der Waals surface area (Å²) in [6.45, 7) is 1.98. The third kappa shape index (κ3) is 3.00. The number of H-pyrrole nitrogens is 1. The molecule has 2 aromatic carbocycles. The van der Waals surface area contributed by atoms with E-state index in [1.54, 1.807) is 0 Å². The van der Waals surface area contributed by atoms with Gasteiger partial charge in [0.15, 0.2) is 0 Å². The number of aromatic nitrogens is 2. The fraction of sp³-hybridized carbons (Fsp3) is 0.118. The fourth-order valence-corrected chi connectivity index (χ4v) is 3.15. The summed E-state index contributed by atoms with van der Waals surface area (Å²) in [5, 5.41) is 1.96. The van der Waals surface area contributed by atoms with Gasteiger partial charge in [0.25, 0.3) is 0 Å². The molecule has 0 bridgehead atoms. The van der Waals surface area contributed by atoms with Gasteiger partial charge in [-0.15, -0.1) is 0 Å². The van der Waals surface area contributed by atoms with E-state index in [9.17, 15) is 0 Å². The van der Waals surface area contributed by atoms with Crippen LogP contribution in [-0.2, 0) is 6.42 Å². The zero-order valence-corrected chi connectivity index (χ0v) is 14.1. The summed E-state index contributed by atoms with van der Waals surface area (Å²) in [5.41, 5.74) is 3.59. The molecule has 0 saturated carbocycles. The molecule has 1 heterocycles. The first-order valence-electron chi connectivity index (χ1n) is 6.79. The summed E-state index contributed by atoms with van der Waals surface area (Å²) in [6.07, 6.45) is 0.545. The molecule has 3 rings (SSSR count). The minimum Gasteiger partial charge on any atom is -0.345 e. The summed E-state index contributed by atoms with van der Waals surface area (Å²) >= 11 is 18.7. The highest BCUT2D eigenvalue weighted by molar-refractivity contribution is 6.36. The lowest BCUT2D eigenvalue weighted by Gasteiger charge is -2.04. The van der Waals surface area contributed by atoms with Crippen LogP contribution in [0.3, 0.4) is 0 Å². The van der Waals surface area contributed by atoms with Gasteiger partial charge in [-0.3, -0.25) is 0 Å². The summed E-state index contributed by atoms with van der Waals surface area (Å²) < 4.78 is 0. The second-order valence-electron chi connectivity index (χ2n) is 5.01. The van der Waals surface area contributed by atoms with Gasteiger partial charge in [-0.2, -0.15) is 0 Å². The van der Waals surface area contributed by atoms with Crippen LogP contribution in [0.15, 0.2) is 42.5 Å². The maximum Gasteiger partial charge on any atom is 0.111 e. The maximum absolute atomic E-state index is 6.25. The SMILES string of the molecule is Cc1[nH]c(Cc2c(Cl)cccc2Cl)nc1-c1ccccc1Cl. The number of aryl methyl sites for hydroxylation is 1. The molecule has 1 aromatic heterocycles. The Morgan fingerprint density at radius 3 is 2.23 bits per heavy atom. The highest BCUT2D eigenvalue weighted by Gasteiger charge is 2.14. The first kappa shape index (κ1) is 15.4. The second kappa shape index (κ2) is 6.33. The Balaban J connectivity index is 1.98. The van der Waals surface area contributed by atoms with Crippen LogP contribution in [0, 0.1) is 6.92 Å². The first-order chi connectivity index (χ1) is 10.6. The lowest BCUT2D eigenvalue weighted by Crippen LogP contribution is -1.93. The minimum absolute atomic E-state index is 0.545.